The van der Waals surface area contributed by atoms with E-state index >= 15 is 0 Å². The summed E-state index contributed by atoms with van der Waals surface area (Å²) < 4.78 is 5.83. The van der Waals surface area contributed by atoms with Gasteiger partial charge in [0.1, 0.15) is 17.1 Å². The van der Waals surface area contributed by atoms with Crippen LogP contribution in [0.3, 0.4) is 0 Å². The molecule has 24 heavy (non-hydrogen) atoms. The maximum atomic E-state index is 11.8. The first-order valence-corrected chi connectivity index (χ1v) is 9.81. The minimum Gasteiger partial charge on any atom is -0.478 e. The zero-order valence-electron chi connectivity index (χ0n) is 12.8. The van der Waals surface area contributed by atoms with E-state index in [1.54, 1.807) is 35.7 Å². The Morgan fingerprint density at radius 3 is 2.54 bits per heavy atom. The number of ether oxygens (including phenoxy) is 1. The molecule has 6 heteroatoms. The molecule has 0 radical (unpaired) electrons. The lowest BCUT2D eigenvalue weighted by Crippen LogP contribution is -2.41. The summed E-state index contributed by atoms with van der Waals surface area (Å²) in [5.74, 6) is 2.10. The third-order valence-corrected chi connectivity index (χ3v) is 7.48. The highest BCUT2D eigenvalue weighted by atomic mass is 32.2. The fraction of sp³-hybridized carbons (Fsp3) is 0.278. The van der Waals surface area contributed by atoms with Crippen molar-refractivity contribution in [3.8, 4) is 11.5 Å². The van der Waals surface area contributed by atoms with Crippen LogP contribution >= 0.6 is 23.5 Å². The topological polar surface area (TPSA) is 66.8 Å². The van der Waals surface area contributed by atoms with Crippen LogP contribution in [0.4, 0.5) is 0 Å². The molecule has 0 amide bonds. The highest BCUT2D eigenvalue weighted by molar-refractivity contribution is 8.17. The van der Waals surface area contributed by atoms with E-state index in [9.17, 15) is 15.0 Å². The Labute approximate surface area is 148 Å². The molecule has 2 N–H and O–H groups in total. The van der Waals surface area contributed by atoms with Gasteiger partial charge in [0.15, 0.2) is 0 Å². The van der Waals surface area contributed by atoms with Gasteiger partial charge in [0, 0.05) is 11.1 Å². The Kier molecular flexibility index (Phi) is 3.98. The normalized spacial score (nSPS) is 23.0. The van der Waals surface area contributed by atoms with E-state index in [0.717, 1.165) is 17.9 Å². The van der Waals surface area contributed by atoms with E-state index in [2.05, 4.69) is 0 Å². The summed E-state index contributed by atoms with van der Waals surface area (Å²) in [4.78, 5) is 11.4. The maximum absolute atomic E-state index is 11.8. The number of thioether (sulfide) groups is 2. The van der Waals surface area contributed by atoms with Gasteiger partial charge in [-0.1, -0.05) is 18.2 Å². The average Bonchev–Trinajstić information content (AvgIpc) is 2.62. The second kappa shape index (κ2) is 6.02. The molecule has 0 bridgehead atoms. The number of para-hydroxylation sites is 1. The number of carbonyl (C=O) groups is 1. The zero-order chi connectivity index (χ0) is 16.7. The van der Waals surface area contributed by atoms with Crippen LogP contribution < -0.4 is 4.74 Å². The Bertz CT molecular complexity index is 801. The lowest BCUT2D eigenvalue weighted by Gasteiger charge is -2.42. The molecule has 124 valence electrons. The Balaban J connectivity index is 1.93. The van der Waals surface area contributed by atoms with Crippen LogP contribution in [0.5, 0.6) is 11.5 Å². The van der Waals surface area contributed by atoms with Crippen molar-refractivity contribution in [2.75, 3.05) is 11.5 Å². The number of carboxylic acids is 1. The first-order chi connectivity index (χ1) is 11.6. The largest absolute Gasteiger partial charge is 0.478 e. The number of rotatable bonds is 2. The molecule has 1 atom stereocenters. The van der Waals surface area contributed by atoms with Gasteiger partial charge >= 0.3 is 5.97 Å². The van der Waals surface area contributed by atoms with E-state index in [1.807, 2.05) is 24.3 Å². The summed E-state index contributed by atoms with van der Waals surface area (Å²) in [7, 11) is 0. The summed E-state index contributed by atoms with van der Waals surface area (Å²) in [5, 5.41) is 21.1. The lowest BCUT2D eigenvalue weighted by atomic mass is 9.84. The first-order valence-electron chi connectivity index (χ1n) is 7.71. The van der Waals surface area contributed by atoms with Crippen LogP contribution in [-0.2, 0) is 5.60 Å². The van der Waals surface area contributed by atoms with Gasteiger partial charge in [0.25, 0.3) is 0 Å². The Hall–Kier alpha value is -1.63. The molecular weight excluding hydrogens is 344 g/mol. The smallest absolute Gasteiger partial charge is 0.335 e. The molecule has 0 aromatic heterocycles. The van der Waals surface area contributed by atoms with Crippen molar-refractivity contribution >= 4 is 29.5 Å². The van der Waals surface area contributed by atoms with Crippen LogP contribution in [0.2, 0.25) is 0 Å². The average molecular weight is 360 g/mol. The molecule has 2 aromatic rings. The zero-order valence-corrected chi connectivity index (χ0v) is 14.4. The molecule has 1 saturated heterocycles. The van der Waals surface area contributed by atoms with Crippen molar-refractivity contribution in [3.63, 3.8) is 0 Å². The lowest BCUT2D eigenvalue weighted by molar-refractivity contribution is 0.0694. The maximum Gasteiger partial charge on any atom is 0.335 e. The van der Waals surface area contributed by atoms with E-state index < -0.39 is 11.6 Å². The molecule has 0 aliphatic carbocycles. The summed E-state index contributed by atoms with van der Waals surface area (Å²) >= 11 is 3.44. The van der Waals surface area contributed by atoms with Crippen molar-refractivity contribution in [3.05, 3.63) is 59.2 Å². The van der Waals surface area contributed by atoms with Crippen molar-refractivity contribution in [2.24, 2.45) is 0 Å². The number of aliphatic hydroxyl groups is 1. The molecule has 4 rings (SSSR count). The van der Waals surface area contributed by atoms with E-state index in [0.29, 0.717) is 22.6 Å². The number of hydrogen-bond acceptors (Lipinski definition) is 5. The Morgan fingerprint density at radius 2 is 1.79 bits per heavy atom. The molecular formula is C18H16O4S2. The summed E-state index contributed by atoms with van der Waals surface area (Å²) in [5.41, 5.74) is 0.117. The monoisotopic (exact) mass is 360 g/mol. The second-order valence-corrected chi connectivity index (χ2v) is 8.53. The van der Waals surface area contributed by atoms with Gasteiger partial charge in [-0.25, -0.2) is 4.79 Å². The van der Waals surface area contributed by atoms with Crippen LogP contribution in [0.1, 0.15) is 27.9 Å². The minimum atomic E-state index is -1.27. The van der Waals surface area contributed by atoms with Gasteiger partial charge < -0.3 is 14.9 Å². The van der Waals surface area contributed by atoms with Gasteiger partial charge in [0.05, 0.1) is 10.1 Å². The van der Waals surface area contributed by atoms with Gasteiger partial charge in [0.2, 0.25) is 0 Å². The van der Waals surface area contributed by atoms with Gasteiger partial charge in [-0.05, 0) is 42.2 Å². The highest BCUT2D eigenvalue weighted by Crippen LogP contribution is 2.54. The van der Waals surface area contributed by atoms with Crippen molar-refractivity contribution in [2.45, 2.75) is 16.6 Å². The molecule has 0 spiro atoms. The number of aromatic carboxylic acids is 1. The van der Waals surface area contributed by atoms with E-state index in [-0.39, 0.29) is 10.1 Å². The minimum absolute atomic E-state index is 0.0981. The third-order valence-electron chi connectivity index (χ3n) is 4.32. The van der Waals surface area contributed by atoms with Crippen LogP contribution in [0, 0.1) is 0 Å². The standard InChI is InChI=1S/C18H16O4S2/c19-16(20)11-6-7-15-13(10-11)18(21,17-23-8-3-9-24-17)12-4-1-2-5-14(12)22-15/h1-2,4-7,10,17,21H,3,8-9H2,(H,19,20). The van der Waals surface area contributed by atoms with Gasteiger partial charge in [-0.3, -0.25) is 0 Å². The summed E-state index contributed by atoms with van der Waals surface area (Å²) in [6.45, 7) is 0. The number of benzene rings is 2. The van der Waals surface area contributed by atoms with Crippen LogP contribution in [0.15, 0.2) is 42.5 Å². The number of fused-ring (bicyclic) bond motifs is 2. The summed E-state index contributed by atoms with van der Waals surface area (Å²) in [6.07, 6.45) is 1.11. The molecule has 2 aliphatic rings. The highest BCUT2D eigenvalue weighted by Gasteiger charge is 2.48. The van der Waals surface area contributed by atoms with Crippen molar-refractivity contribution in [1.29, 1.82) is 0 Å². The molecule has 1 fully saturated rings. The molecule has 0 saturated carbocycles. The van der Waals surface area contributed by atoms with E-state index in [1.165, 1.54) is 6.07 Å². The molecule has 4 nitrogen and oxygen atoms in total. The van der Waals surface area contributed by atoms with Crippen molar-refractivity contribution < 1.29 is 19.7 Å². The first kappa shape index (κ1) is 15.9. The predicted molar refractivity (Wildman–Crippen MR) is 96.2 cm³/mol. The number of carboxylic acid groups (broad SMARTS) is 1. The molecule has 1 unspecified atom stereocenters. The molecule has 2 heterocycles. The van der Waals surface area contributed by atoms with Crippen LogP contribution in [-0.4, -0.2) is 32.3 Å². The quantitative estimate of drug-likeness (QED) is 0.846. The fourth-order valence-corrected chi connectivity index (χ4v) is 6.35. The SMILES string of the molecule is O=C(O)c1ccc2c(c1)C(O)(C1SCCCS1)c1ccccc1O2. The molecule has 2 aliphatic heterocycles. The van der Waals surface area contributed by atoms with E-state index in [4.69, 9.17) is 4.74 Å². The fourth-order valence-electron chi connectivity index (χ4n) is 3.17. The molecule has 2 aromatic carbocycles. The predicted octanol–water partition coefficient (Wildman–Crippen LogP) is 3.92. The summed E-state index contributed by atoms with van der Waals surface area (Å²) in [6, 6.07) is 12.1. The number of hydrogen-bond donors (Lipinski definition) is 2. The van der Waals surface area contributed by atoms with Crippen LogP contribution in [0.25, 0.3) is 0 Å². The Morgan fingerprint density at radius 1 is 1.08 bits per heavy atom. The van der Waals surface area contributed by atoms with Crippen molar-refractivity contribution in [1.82, 2.24) is 0 Å². The van der Waals surface area contributed by atoms with Gasteiger partial charge in [-0.15, -0.1) is 23.5 Å². The van der Waals surface area contributed by atoms with Gasteiger partial charge in [-0.2, -0.15) is 0 Å². The third kappa shape index (κ3) is 2.41. The second-order valence-electron chi connectivity index (χ2n) is 5.81.